The second-order valence-corrected chi connectivity index (χ2v) is 15.3. The summed E-state index contributed by atoms with van der Waals surface area (Å²) in [5, 5.41) is -3.92. The molecule has 0 amide bonds. The van der Waals surface area contributed by atoms with Gasteiger partial charge in [-0.15, -0.1) is 8.42 Å². The number of carbonyl (C=O) groups excluding carboxylic acids is 1. The summed E-state index contributed by atoms with van der Waals surface area (Å²) in [6, 6.07) is 23.8. The molecule has 3 aromatic carbocycles. The van der Waals surface area contributed by atoms with Gasteiger partial charge in [0.2, 0.25) is 0 Å². The van der Waals surface area contributed by atoms with Gasteiger partial charge >= 0.3 is 21.3 Å². The van der Waals surface area contributed by atoms with Crippen molar-refractivity contribution in [3.63, 3.8) is 0 Å². The van der Waals surface area contributed by atoms with E-state index in [4.69, 9.17) is 4.74 Å². The van der Waals surface area contributed by atoms with Crippen LogP contribution in [0.4, 0.5) is 8.78 Å². The summed E-state index contributed by atoms with van der Waals surface area (Å²) in [6.45, 7) is -0.283. The summed E-state index contributed by atoms with van der Waals surface area (Å²) in [5.74, 6) is -2.11. The van der Waals surface area contributed by atoms with Crippen LogP contribution in [0.1, 0.15) is 38.5 Å². The van der Waals surface area contributed by atoms with Crippen molar-refractivity contribution in [1.82, 2.24) is 0 Å². The van der Waals surface area contributed by atoms with Crippen LogP contribution in [0.25, 0.3) is 0 Å². The predicted octanol–water partition coefficient (Wildman–Crippen LogP) is 8.78. The van der Waals surface area contributed by atoms with Crippen molar-refractivity contribution < 1.29 is 30.4 Å². The van der Waals surface area contributed by atoms with Crippen molar-refractivity contribution in [2.75, 3.05) is 11.9 Å². The summed E-state index contributed by atoms with van der Waals surface area (Å²) < 4.78 is 66.8. The molecule has 0 saturated carbocycles. The van der Waals surface area contributed by atoms with Crippen LogP contribution in [-0.4, -0.2) is 35.2 Å². The number of unbranched alkanes of at least 4 members (excludes halogenated alkanes) is 5. The Labute approximate surface area is 252 Å². The van der Waals surface area contributed by atoms with E-state index in [0.717, 1.165) is 34.6 Å². The van der Waals surface area contributed by atoms with Crippen molar-refractivity contribution in [3.8, 4) is 0 Å². The molecule has 0 fully saturated rings. The number of hydrogen-bond acceptors (Lipinski definition) is 4. The normalized spacial score (nSPS) is 12.7. The molecule has 3 aromatic rings. The molecule has 0 radical (unpaired) electrons. The highest BCUT2D eigenvalue weighted by atomic mass is 127. The number of alkyl halides is 3. The van der Waals surface area contributed by atoms with Gasteiger partial charge in [-0.05, 0) is 84.0 Å². The van der Waals surface area contributed by atoms with E-state index in [1.807, 2.05) is 0 Å². The molecular weight excluding hydrogens is 725 g/mol. The van der Waals surface area contributed by atoms with Crippen molar-refractivity contribution in [2.45, 2.75) is 58.5 Å². The minimum Gasteiger partial charge on any atom is -0.460 e. The molecule has 0 bridgehead atoms. The zero-order valence-electron chi connectivity index (χ0n) is 21.1. The number of halogens is 4. The molecule has 0 unspecified atom stereocenters. The molecule has 0 spiro atoms. The molecule has 0 aliphatic carbocycles. The fraction of sp³-hybridized carbons (Fsp3) is 0.321. The van der Waals surface area contributed by atoms with Gasteiger partial charge in [-0.2, -0.15) is 8.78 Å². The summed E-state index contributed by atoms with van der Waals surface area (Å²) in [4.78, 5) is 13.7. The molecule has 0 aromatic heterocycles. The first-order chi connectivity index (χ1) is 18.6. The van der Waals surface area contributed by atoms with Gasteiger partial charge in [0.15, 0.2) is 0 Å². The Bertz CT molecular complexity index is 1260. The lowest BCUT2D eigenvalue weighted by atomic mass is 10.1. The lowest BCUT2D eigenvalue weighted by Crippen LogP contribution is -2.42. The van der Waals surface area contributed by atoms with E-state index in [2.05, 4.69) is 42.2 Å². The van der Waals surface area contributed by atoms with Crippen LogP contribution >= 0.6 is 48.8 Å². The van der Waals surface area contributed by atoms with Crippen molar-refractivity contribution in [1.29, 1.82) is 0 Å². The van der Waals surface area contributed by atoms with E-state index in [9.17, 15) is 13.2 Å². The highest BCUT2D eigenvalue weighted by Gasteiger charge is 2.63. The zero-order chi connectivity index (χ0) is 28.4. The Kier molecular flexibility index (Phi) is 12.2. The molecule has 1 N–H and O–H groups in total. The Hall–Kier alpha value is -1.54. The Morgan fingerprint density at radius 1 is 0.769 bits per heavy atom. The average molecular weight is 756 g/mol. The van der Waals surface area contributed by atoms with E-state index in [1.54, 1.807) is 84.9 Å². The molecule has 3 rings (SSSR count). The summed E-state index contributed by atoms with van der Waals surface area (Å²) >= 11 is 5.48. The van der Waals surface area contributed by atoms with Gasteiger partial charge < -0.3 is 4.74 Å². The van der Waals surface area contributed by atoms with Crippen LogP contribution in [0.5, 0.6) is 0 Å². The summed E-state index contributed by atoms with van der Waals surface area (Å²) in [5.41, 5.74) is 0. The molecule has 212 valence electrons. The molecular formula is C28H31BrF2IO5S2+. The van der Waals surface area contributed by atoms with Gasteiger partial charge in [-0.3, -0.25) is 3.63 Å². The molecule has 0 saturated heterocycles. The first kappa shape index (κ1) is 32.0. The van der Waals surface area contributed by atoms with Crippen LogP contribution in [0, 0.1) is 3.57 Å². The molecule has 5 nitrogen and oxygen atoms in total. The van der Waals surface area contributed by atoms with E-state index in [0.29, 0.717) is 27.5 Å². The SMILES string of the molecule is O=C(OCCCCCCCCBr)C(F)(F)S(=O)(=O)[OH+]S(c1ccccc1)(c1ccccc1)c1ccc(I)cc1. The second-order valence-electron chi connectivity index (χ2n) is 8.67. The van der Waals surface area contributed by atoms with Crippen LogP contribution in [0.2, 0.25) is 0 Å². The van der Waals surface area contributed by atoms with Crippen molar-refractivity contribution in [2.24, 2.45) is 0 Å². The minimum absolute atomic E-state index is 0.283. The first-order valence-electron chi connectivity index (χ1n) is 12.4. The lowest BCUT2D eigenvalue weighted by molar-refractivity contribution is -0.161. The standard InChI is InChI=1S/C28H30BrF2IO5S2/c29-21-11-3-1-2-4-12-22-36-27(33)28(30,31)39(34,35)37-38(24-13-7-5-8-14-24,25-15-9-6-10-16-25)26-19-17-23(32)18-20-26/h5-10,13-20H,1-4,11-12,21-22H2/p+1. The number of carbonyl (C=O) groups is 1. The first-order valence-corrected chi connectivity index (χ1v) is 17.7. The minimum atomic E-state index is -5.68. The largest absolute Gasteiger partial charge is 0.514 e. The fourth-order valence-electron chi connectivity index (χ4n) is 3.86. The Morgan fingerprint density at radius 3 is 1.74 bits per heavy atom. The number of rotatable bonds is 15. The third-order valence-corrected chi connectivity index (χ3v) is 12.5. The molecule has 39 heavy (non-hydrogen) atoms. The maximum atomic E-state index is 15.3. The monoisotopic (exact) mass is 755 g/mol. The van der Waals surface area contributed by atoms with E-state index in [-0.39, 0.29) is 6.61 Å². The second kappa shape index (κ2) is 14.9. The third-order valence-electron chi connectivity index (χ3n) is 5.86. The maximum absolute atomic E-state index is 15.3. The molecule has 0 atom stereocenters. The van der Waals surface area contributed by atoms with Crippen LogP contribution in [0.3, 0.4) is 0 Å². The fourth-order valence-corrected chi connectivity index (χ4v) is 9.91. The van der Waals surface area contributed by atoms with Gasteiger partial charge in [0.25, 0.3) is 0 Å². The van der Waals surface area contributed by atoms with Crippen LogP contribution < -0.4 is 0 Å². The van der Waals surface area contributed by atoms with Gasteiger partial charge in [-0.25, -0.2) is 4.79 Å². The van der Waals surface area contributed by atoms with Crippen LogP contribution in [0.15, 0.2) is 99.6 Å². The number of esters is 1. The highest BCUT2D eigenvalue weighted by Crippen LogP contribution is 2.68. The molecule has 0 aliphatic heterocycles. The molecule has 0 aliphatic rings. The summed E-state index contributed by atoms with van der Waals surface area (Å²) in [6.07, 6.45) is 5.05. The zero-order valence-corrected chi connectivity index (χ0v) is 26.5. The highest BCUT2D eigenvalue weighted by molar-refractivity contribution is 14.1. The lowest BCUT2D eigenvalue weighted by Gasteiger charge is -2.35. The third kappa shape index (κ3) is 8.02. The van der Waals surface area contributed by atoms with Gasteiger partial charge in [0, 0.05) is 8.90 Å². The topological polar surface area (TPSA) is 73.2 Å². The van der Waals surface area contributed by atoms with E-state index in [1.165, 1.54) is 0 Å². The van der Waals surface area contributed by atoms with Crippen molar-refractivity contribution in [3.05, 3.63) is 88.5 Å². The van der Waals surface area contributed by atoms with Gasteiger partial charge in [0.05, 0.1) is 31.6 Å². The average Bonchev–Trinajstić information content (AvgIpc) is 2.94. The number of ether oxygens (including phenoxy) is 1. The predicted molar refractivity (Wildman–Crippen MR) is 163 cm³/mol. The molecule has 11 heteroatoms. The maximum Gasteiger partial charge on any atom is 0.514 e. The molecule has 0 heterocycles. The quantitative estimate of drug-likeness (QED) is 0.0389. The Balaban J connectivity index is 1.92. The Morgan fingerprint density at radius 2 is 1.23 bits per heavy atom. The number of benzene rings is 3. The van der Waals surface area contributed by atoms with Crippen molar-refractivity contribution >= 4 is 64.9 Å². The summed E-state index contributed by atoms with van der Waals surface area (Å²) in [7, 11) is -8.80. The van der Waals surface area contributed by atoms with E-state index >= 15 is 8.78 Å². The number of hydrogen-bond donors (Lipinski definition) is 0. The van der Waals surface area contributed by atoms with Gasteiger partial charge in [0.1, 0.15) is 0 Å². The van der Waals surface area contributed by atoms with Crippen LogP contribution in [-0.2, 0) is 19.6 Å². The van der Waals surface area contributed by atoms with E-state index < -0.39 is 31.7 Å². The van der Waals surface area contributed by atoms with Gasteiger partial charge in [-0.1, -0.05) is 78.0 Å². The smallest absolute Gasteiger partial charge is 0.460 e.